The van der Waals surface area contributed by atoms with E-state index in [1.165, 1.54) is 0 Å². The minimum Gasteiger partial charge on any atom is -0.481 e. The third-order valence-electron chi connectivity index (χ3n) is 21.1. The molecule has 10 rings (SSSR count). The molecule has 10 heterocycles. The maximum atomic E-state index is 12.5. The number of carbonyl (C=O) groups excluding carboxylic acids is 1. The number of carboxylic acids is 2. The van der Waals surface area contributed by atoms with E-state index in [2.05, 4.69) is 59.4 Å². The molecule has 0 aromatic carbocycles. The summed E-state index contributed by atoms with van der Waals surface area (Å²) in [5, 5.41) is 53.8. The standard InChI is InChI=1S/C65H100O19/c1-33(19-35(3)31-74-57(72)22-34(2)21-55(68)69)20-46-37(5)24-52-62(8,83-46)30-50-60(80-52)61(73)65(11)54(78-50)29-49-59(84-65)36(4)13-12-14-44-43(76-49)17-18-51-63(9,81-44)32-64(10)53(79-51)28-48-45(82-64)16-15-42(67)47(77-48)27-40(66)26-41-23-38(6)58(75-41)39(7)25-56(70)71/h12-13,19,34-36,38-54,58-61,66-67,73H,5,14-18,20-32H2,1-4,6-11H3,(H,68,69)(H,70,71)/b13-12-,33-19+/t34-,35+,36+,38+,39+,40-,41+,42+,43+,44-,45+,46-,47+,48-,49-,50-,51-,52+,53+,54+,58+,59+,60-,61+,62+,63+,64-,65+/m1/s1. The zero-order chi connectivity index (χ0) is 60.4. The van der Waals surface area contributed by atoms with E-state index in [0.717, 1.165) is 17.6 Å². The summed E-state index contributed by atoms with van der Waals surface area (Å²) < 4.78 is 75.5. The van der Waals surface area contributed by atoms with Crippen LogP contribution in [-0.2, 0) is 66.5 Å². The first kappa shape index (κ1) is 64.1. The quantitative estimate of drug-likeness (QED) is 0.0727. The van der Waals surface area contributed by atoms with Crippen molar-refractivity contribution in [3.63, 3.8) is 0 Å². The lowest BCUT2D eigenvalue weighted by molar-refractivity contribution is -0.369. The monoisotopic (exact) mass is 1180 g/mol. The number of aliphatic carboxylic acids is 2. The molecule has 10 aliphatic rings. The molecule has 0 aromatic heterocycles. The van der Waals surface area contributed by atoms with Crippen LogP contribution < -0.4 is 0 Å². The van der Waals surface area contributed by atoms with Gasteiger partial charge in [-0.05, 0) is 116 Å². The third-order valence-corrected chi connectivity index (χ3v) is 21.1. The molecule has 9 fully saturated rings. The third kappa shape index (κ3) is 13.8. The van der Waals surface area contributed by atoms with Crippen LogP contribution in [0.5, 0.6) is 0 Å². The van der Waals surface area contributed by atoms with Crippen molar-refractivity contribution in [2.24, 2.45) is 29.6 Å². The summed E-state index contributed by atoms with van der Waals surface area (Å²) in [5.74, 6) is -2.58. The summed E-state index contributed by atoms with van der Waals surface area (Å²) in [5.41, 5.74) is -1.26. The molecule has 84 heavy (non-hydrogen) atoms. The summed E-state index contributed by atoms with van der Waals surface area (Å²) in [6, 6.07) is 0. The van der Waals surface area contributed by atoms with Gasteiger partial charge in [-0.3, -0.25) is 14.4 Å². The highest BCUT2D eigenvalue weighted by Crippen LogP contribution is 2.54. The van der Waals surface area contributed by atoms with E-state index < -0.39 is 89.1 Å². The van der Waals surface area contributed by atoms with E-state index in [4.69, 9.17) is 57.2 Å². The van der Waals surface area contributed by atoms with E-state index in [0.29, 0.717) is 77.0 Å². The van der Waals surface area contributed by atoms with Gasteiger partial charge in [0, 0.05) is 56.8 Å². The Morgan fingerprint density at radius 2 is 1.44 bits per heavy atom. The van der Waals surface area contributed by atoms with Crippen molar-refractivity contribution < 1.29 is 92.0 Å². The number of carbonyl (C=O) groups is 3. The summed E-state index contributed by atoms with van der Waals surface area (Å²) in [6.45, 7) is 24.8. The van der Waals surface area contributed by atoms with Crippen LogP contribution in [0.3, 0.4) is 0 Å². The van der Waals surface area contributed by atoms with Crippen molar-refractivity contribution in [1.29, 1.82) is 0 Å². The van der Waals surface area contributed by atoms with Crippen LogP contribution in [0.25, 0.3) is 0 Å². The highest BCUT2D eigenvalue weighted by molar-refractivity contribution is 5.72. The molecule has 0 bridgehead atoms. The molecular formula is C65H100O19. The average Bonchev–Trinajstić information content (AvgIpc) is 0.867. The van der Waals surface area contributed by atoms with E-state index in [-0.39, 0.29) is 129 Å². The van der Waals surface area contributed by atoms with Gasteiger partial charge in [-0.1, -0.05) is 65.0 Å². The Labute approximate surface area is 497 Å². The number of hydrogen-bond acceptors (Lipinski definition) is 17. The van der Waals surface area contributed by atoms with Crippen LogP contribution in [0.15, 0.2) is 36.0 Å². The second-order valence-electron chi connectivity index (χ2n) is 28.7. The van der Waals surface area contributed by atoms with Gasteiger partial charge in [0.1, 0.15) is 17.8 Å². The maximum absolute atomic E-state index is 12.5. The lowest BCUT2D eigenvalue weighted by Crippen LogP contribution is -2.74. The lowest BCUT2D eigenvalue weighted by atomic mass is 9.72. The largest absolute Gasteiger partial charge is 0.481 e. The van der Waals surface area contributed by atoms with Crippen molar-refractivity contribution in [3.8, 4) is 0 Å². The van der Waals surface area contributed by atoms with Gasteiger partial charge in [0.2, 0.25) is 0 Å². The molecule has 0 aliphatic carbocycles. The van der Waals surface area contributed by atoms with E-state index in [9.17, 15) is 34.8 Å². The van der Waals surface area contributed by atoms with Crippen LogP contribution in [0.2, 0.25) is 0 Å². The van der Waals surface area contributed by atoms with Crippen LogP contribution >= 0.6 is 0 Å². The summed E-state index contributed by atoms with van der Waals surface area (Å²) in [4.78, 5) is 34.9. The highest BCUT2D eigenvalue weighted by atomic mass is 16.7. The Morgan fingerprint density at radius 3 is 2.19 bits per heavy atom. The molecule has 28 atom stereocenters. The minimum absolute atomic E-state index is 0.0345. The van der Waals surface area contributed by atoms with Crippen molar-refractivity contribution in [1.82, 2.24) is 0 Å². The fourth-order valence-electron chi connectivity index (χ4n) is 16.7. The molecule has 5 N–H and O–H groups in total. The molecule has 0 saturated carbocycles. The van der Waals surface area contributed by atoms with E-state index >= 15 is 0 Å². The first-order chi connectivity index (χ1) is 39.6. The molecule has 0 unspecified atom stereocenters. The fraction of sp³-hybridized carbons (Fsp3) is 0.862. The van der Waals surface area contributed by atoms with E-state index in [1.807, 2.05) is 27.7 Å². The van der Waals surface area contributed by atoms with Gasteiger partial charge >= 0.3 is 17.9 Å². The van der Waals surface area contributed by atoms with Crippen LogP contribution in [0.1, 0.15) is 178 Å². The molecule has 9 saturated heterocycles. The summed E-state index contributed by atoms with van der Waals surface area (Å²) in [6.07, 6.45) is 5.79. The molecule has 474 valence electrons. The molecular weight excluding hydrogens is 1080 g/mol. The zero-order valence-electron chi connectivity index (χ0n) is 51.5. The number of ether oxygens (including phenoxy) is 11. The average molecular weight is 1190 g/mol. The van der Waals surface area contributed by atoms with Gasteiger partial charge in [0.05, 0.1) is 134 Å². The van der Waals surface area contributed by atoms with Gasteiger partial charge in [-0.15, -0.1) is 0 Å². The molecule has 0 radical (unpaired) electrons. The van der Waals surface area contributed by atoms with Gasteiger partial charge < -0.3 is 77.6 Å². The minimum atomic E-state index is -1.09. The Balaban J connectivity index is 0.759. The second-order valence-corrected chi connectivity index (χ2v) is 28.7. The predicted molar refractivity (Wildman–Crippen MR) is 306 cm³/mol. The lowest BCUT2D eigenvalue weighted by Gasteiger charge is -2.61. The number of aliphatic hydroxyl groups is 3. The van der Waals surface area contributed by atoms with Gasteiger partial charge in [0.25, 0.3) is 0 Å². The number of esters is 1. The molecule has 10 aliphatic heterocycles. The smallest absolute Gasteiger partial charge is 0.306 e. The summed E-state index contributed by atoms with van der Waals surface area (Å²) >= 11 is 0. The van der Waals surface area contributed by atoms with E-state index in [1.54, 1.807) is 6.92 Å². The van der Waals surface area contributed by atoms with Gasteiger partial charge in [-0.2, -0.15) is 0 Å². The SMILES string of the molecule is C=C1C[C@@H]2O[C@@H]3[C@@H](C[C@]2(C)O[C@@H]1C/C(C)=C/[C@H](C)COC(=O)C[C@H](C)CC(=O)O)O[C@H]1C[C@H]2O[C@H]4CC[C@H]5O[C@H]6C[C@H]7O[C@@H](C[C@H](O)C[C@@H]8C[C@H](C)[C@@H]([C@@H](C)CC(=O)O)O8)[C@@H](O)CC[C@@H]7O[C@]6(C)C[C@]5(C)O[C@@H]4C/C=C\[C@H](C)[C@@H]2O[C@]1(C)[C@H]3O. The second kappa shape index (κ2) is 25.5. The normalized spacial score (nSPS) is 47.6. The molecule has 19 heteroatoms. The van der Waals surface area contributed by atoms with Crippen LogP contribution in [0, 0.1) is 29.6 Å². The van der Waals surface area contributed by atoms with Crippen molar-refractivity contribution in [2.75, 3.05) is 6.61 Å². The fourth-order valence-corrected chi connectivity index (χ4v) is 16.7. The van der Waals surface area contributed by atoms with Crippen molar-refractivity contribution >= 4 is 17.9 Å². The molecule has 19 nitrogen and oxygen atoms in total. The topological polar surface area (TPSA) is 254 Å². The number of hydrogen-bond donors (Lipinski definition) is 5. The van der Waals surface area contributed by atoms with Crippen LogP contribution in [-0.4, -0.2) is 188 Å². The highest BCUT2D eigenvalue weighted by Gasteiger charge is 2.65. The summed E-state index contributed by atoms with van der Waals surface area (Å²) in [7, 11) is 0. The number of aliphatic hydroxyl groups excluding tert-OH is 3. The number of rotatable bonds is 16. The predicted octanol–water partition coefficient (Wildman–Crippen LogP) is 7.89. The Kier molecular flexibility index (Phi) is 19.5. The van der Waals surface area contributed by atoms with Gasteiger partial charge in [0.15, 0.2) is 0 Å². The Bertz CT molecular complexity index is 2420. The van der Waals surface area contributed by atoms with Crippen LogP contribution in [0.4, 0.5) is 0 Å². The molecule has 0 aromatic rings. The number of fused-ring (bicyclic) bond motifs is 8. The van der Waals surface area contributed by atoms with Crippen molar-refractivity contribution in [2.45, 2.75) is 317 Å². The first-order valence-corrected chi connectivity index (χ1v) is 31.9. The van der Waals surface area contributed by atoms with Crippen molar-refractivity contribution in [3.05, 3.63) is 36.0 Å². The zero-order valence-corrected chi connectivity index (χ0v) is 51.5. The molecule has 0 amide bonds. The number of carboxylic acid groups (broad SMARTS) is 2. The maximum Gasteiger partial charge on any atom is 0.306 e. The van der Waals surface area contributed by atoms with Gasteiger partial charge in [-0.25, -0.2) is 0 Å². The molecule has 0 spiro atoms. The Hall–Kier alpha value is -2.89. The Morgan fingerprint density at radius 1 is 0.726 bits per heavy atom. The first-order valence-electron chi connectivity index (χ1n) is 31.9.